The summed E-state index contributed by atoms with van der Waals surface area (Å²) in [7, 11) is 0. The van der Waals surface area contributed by atoms with Gasteiger partial charge in [0.2, 0.25) is 11.8 Å². The van der Waals surface area contributed by atoms with Gasteiger partial charge in [0.05, 0.1) is 16.6 Å². The minimum absolute atomic E-state index is 0.107. The van der Waals surface area contributed by atoms with Crippen LogP contribution in [-0.2, 0) is 14.4 Å². The molecule has 1 N–H and O–H groups in total. The van der Waals surface area contributed by atoms with Crippen LogP contribution in [0.2, 0.25) is 5.02 Å². The normalized spacial score (nSPS) is 27.9. The molecule has 5 atom stereocenters. The number of nitrogens with zero attached hydrogens (tertiary/aromatic N) is 3. The van der Waals surface area contributed by atoms with Crippen LogP contribution < -0.4 is 9.80 Å². The fraction of sp³-hybridized carbons (Fsp3) is 0.406. The summed E-state index contributed by atoms with van der Waals surface area (Å²) in [5.74, 6) is -1.78. The Morgan fingerprint density at radius 1 is 1.02 bits per heavy atom. The van der Waals surface area contributed by atoms with E-state index >= 15 is 0 Å². The molecule has 7 nitrogen and oxygen atoms in total. The molecule has 2 unspecified atom stereocenters. The highest BCUT2D eigenvalue weighted by molar-refractivity contribution is 8.02. The molecule has 9 heteroatoms. The fourth-order valence-corrected chi connectivity index (χ4v) is 9.48. The number of carbonyl (C=O) groups is 3. The SMILES string of the molecule is C=CCN(C(=O)C1N(CCCO)C(=O)[C@@H]2[C@H](C(=O)N(CC=C)c3ccccc3)[C@]3(C)CCC12S3)c1ccc(Cl)cc1. The van der Waals surface area contributed by atoms with Crippen molar-refractivity contribution in [2.75, 3.05) is 36.0 Å². The van der Waals surface area contributed by atoms with Crippen molar-refractivity contribution < 1.29 is 19.5 Å². The maximum atomic E-state index is 14.6. The van der Waals surface area contributed by atoms with Crippen LogP contribution in [0.1, 0.15) is 26.2 Å². The Bertz CT molecular complexity index is 1340. The maximum absolute atomic E-state index is 14.6. The lowest BCUT2D eigenvalue weighted by Gasteiger charge is -2.38. The Labute approximate surface area is 250 Å². The van der Waals surface area contributed by atoms with E-state index < -0.39 is 27.4 Å². The molecule has 0 aliphatic carbocycles. The summed E-state index contributed by atoms with van der Waals surface area (Å²) in [6.45, 7) is 10.5. The van der Waals surface area contributed by atoms with Crippen molar-refractivity contribution in [3.63, 3.8) is 0 Å². The van der Waals surface area contributed by atoms with Crippen molar-refractivity contribution in [2.24, 2.45) is 11.8 Å². The van der Waals surface area contributed by atoms with Crippen molar-refractivity contribution in [3.05, 3.63) is 84.9 Å². The highest BCUT2D eigenvalue weighted by Crippen LogP contribution is 2.71. The first-order valence-electron chi connectivity index (χ1n) is 14.0. The average Bonchev–Trinajstić information content (AvgIpc) is 3.54. The smallest absolute Gasteiger partial charge is 0.251 e. The topological polar surface area (TPSA) is 81.2 Å². The average molecular weight is 594 g/mol. The van der Waals surface area contributed by atoms with Crippen LogP contribution in [0.15, 0.2) is 79.9 Å². The molecular formula is C32H36ClN3O4S. The monoisotopic (exact) mass is 593 g/mol. The van der Waals surface area contributed by atoms with Gasteiger partial charge in [-0.05, 0) is 62.6 Å². The van der Waals surface area contributed by atoms with Crippen LogP contribution in [-0.4, -0.2) is 69.5 Å². The molecule has 3 amide bonds. The fourth-order valence-electron chi connectivity index (χ4n) is 7.01. The van der Waals surface area contributed by atoms with Gasteiger partial charge in [0.25, 0.3) is 5.91 Å². The molecule has 3 saturated heterocycles. The van der Waals surface area contributed by atoms with E-state index in [0.717, 1.165) is 5.69 Å². The van der Waals surface area contributed by atoms with E-state index in [1.54, 1.807) is 62.9 Å². The first-order valence-corrected chi connectivity index (χ1v) is 15.2. The first-order chi connectivity index (χ1) is 19.7. The van der Waals surface area contributed by atoms with Crippen molar-refractivity contribution in [2.45, 2.75) is 41.7 Å². The minimum atomic E-state index is -0.781. The number of halogens is 1. The van der Waals surface area contributed by atoms with Gasteiger partial charge in [0.15, 0.2) is 0 Å². The number of para-hydroxylation sites is 1. The van der Waals surface area contributed by atoms with Gasteiger partial charge in [0, 0.05) is 47.4 Å². The van der Waals surface area contributed by atoms with E-state index in [-0.39, 0.29) is 37.4 Å². The third-order valence-electron chi connectivity index (χ3n) is 8.70. The molecule has 3 heterocycles. The van der Waals surface area contributed by atoms with Gasteiger partial charge < -0.3 is 19.8 Å². The molecular weight excluding hydrogens is 558 g/mol. The summed E-state index contributed by atoms with van der Waals surface area (Å²) in [6, 6.07) is 15.7. The second-order valence-corrected chi connectivity index (χ2v) is 13.5. The van der Waals surface area contributed by atoms with Gasteiger partial charge in [0.1, 0.15) is 6.04 Å². The van der Waals surface area contributed by atoms with Gasteiger partial charge in [-0.1, -0.05) is 42.0 Å². The lowest BCUT2D eigenvalue weighted by Crippen LogP contribution is -2.55. The Hall–Kier alpha value is -3.07. The maximum Gasteiger partial charge on any atom is 0.251 e. The number of hydrogen-bond acceptors (Lipinski definition) is 5. The van der Waals surface area contributed by atoms with E-state index in [1.807, 2.05) is 30.3 Å². The third kappa shape index (κ3) is 4.90. The zero-order chi connectivity index (χ0) is 29.4. The van der Waals surface area contributed by atoms with Gasteiger partial charge in [-0.25, -0.2) is 0 Å². The quantitative estimate of drug-likeness (QED) is 0.373. The summed E-state index contributed by atoms with van der Waals surface area (Å²) in [6.07, 6.45) is 5.06. The zero-order valence-electron chi connectivity index (χ0n) is 23.2. The number of amides is 3. The largest absolute Gasteiger partial charge is 0.396 e. The molecule has 3 aliphatic rings. The number of anilines is 2. The first kappa shape index (κ1) is 29.4. The number of rotatable bonds is 11. The number of benzene rings is 2. The van der Waals surface area contributed by atoms with Crippen molar-refractivity contribution >= 4 is 52.5 Å². The highest BCUT2D eigenvalue weighted by Gasteiger charge is 2.77. The summed E-state index contributed by atoms with van der Waals surface area (Å²) < 4.78 is -1.27. The van der Waals surface area contributed by atoms with Crippen molar-refractivity contribution in [3.8, 4) is 0 Å². The standard InChI is InChI=1S/C32H36ClN3O4S/c1-4-18-34(23-10-7-6-8-11-23)28(38)25-26-29(39)36(20-9-21-37)27(32(26)17-16-31(25,3)41-32)30(40)35(19-5-2)24-14-12-22(33)13-15-24/h4-8,10-15,25-27,37H,1-2,9,16-21H2,3H3/t25-,26+,27?,31+,32?/m1/s1. The predicted molar refractivity (Wildman–Crippen MR) is 165 cm³/mol. The van der Waals surface area contributed by atoms with Crippen molar-refractivity contribution in [1.82, 2.24) is 4.90 Å². The Morgan fingerprint density at radius 2 is 1.63 bits per heavy atom. The van der Waals surface area contributed by atoms with Gasteiger partial charge >= 0.3 is 0 Å². The van der Waals surface area contributed by atoms with Crippen molar-refractivity contribution in [1.29, 1.82) is 0 Å². The number of fused-ring (bicyclic) bond motifs is 1. The number of likely N-dealkylation sites (tertiary alicyclic amines) is 1. The number of carbonyl (C=O) groups excluding carboxylic acids is 3. The summed E-state index contributed by atoms with van der Waals surface area (Å²) >= 11 is 7.77. The molecule has 3 fully saturated rings. The summed E-state index contributed by atoms with van der Waals surface area (Å²) in [5, 5.41) is 10.2. The number of aliphatic hydroxyl groups is 1. The Kier molecular flexibility index (Phi) is 8.37. The third-order valence-corrected chi connectivity index (χ3v) is 10.9. The predicted octanol–water partition coefficient (Wildman–Crippen LogP) is 4.94. The van der Waals surface area contributed by atoms with Gasteiger partial charge in [-0.3, -0.25) is 14.4 Å². The van der Waals surface area contributed by atoms with E-state index in [0.29, 0.717) is 36.5 Å². The number of hydrogen-bond donors (Lipinski definition) is 1. The van der Waals surface area contributed by atoms with Crippen LogP contribution in [0, 0.1) is 11.8 Å². The lowest BCUT2D eigenvalue weighted by atomic mass is 9.66. The molecule has 2 aromatic carbocycles. The van der Waals surface area contributed by atoms with E-state index in [9.17, 15) is 19.5 Å². The molecule has 216 valence electrons. The number of aliphatic hydroxyl groups excluding tert-OH is 1. The van der Waals surface area contributed by atoms with Gasteiger partial charge in [-0.15, -0.1) is 24.9 Å². The zero-order valence-corrected chi connectivity index (χ0v) is 24.8. The second kappa shape index (κ2) is 11.7. The highest BCUT2D eigenvalue weighted by atomic mass is 35.5. The lowest BCUT2D eigenvalue weighted by molar-refractivity contribution is -0.139. The van der Waals surface area contributed by atoms with Crippen LogP contribution in [0.4, 0.5) is 11.4 Å². The summed E-state index contributed by atoms with van der Waals surface area (Å²) in [4.78, 5) is 48.3. The second-order valence-electron chi connectivity index (χ2n) is 11.1. The van der Waals surface area contributed by atoms with Crippen LogP contribution >= 0.6 is 23.4 Å². The molecule has 2 aromatic rings. The molecule has 0 aromatic heterocycles. The molecule has 1 spiro atoms. The Morgan fingerprint density at radius 3 is 2.24 bits per heavy atom. The molecule has 5 rings (SSSR count). The van der Waals surface area contributed by atoms with E-state index in [1.165, 1.54) is 0 Å². The molecule has 3 aliphatic heterocycles. The molecule has 41 heavy (non-hydrogen) atoms. The number of thioether (sulfide) groups is 1. The summed E-state index contributed by atoms with van der Waals surface area (Å²) in [5.41, 5.74) is 1.41. The van der Waals surface area contributed by atoms with Crippen LogP contribution in [0.25, 0.3) is 0 Å². The molecule has 2 bridgehead atoms. The van der Waals surface area contributed by atoms with Crippen LogP contribution in [0.3, 0.4) is 0 Å². The molecule has 0 saturated carbocycles. The van der Waals surface area contributed by atoms with Gasteiger partial charge in [-0.2, -0.15) is 0 Å². The van der Waals surface area contributed by atoms with Crippen LogP contribution in [0.5, 0.6) is 0 Å². The molecule has 0 radical (unpaired) electrons. The minimum Gasteiger partial charge on any atom is -0.396 e. The van der Waals surface area contributed by atoms with E-state index in [2.05, 4.69) is 20.1 Å². The van der Waals surface area contributed by atoms with E-state index in [4.69, 9.17) is 11.6 Å². The Balaban J connectivity index is 1.58.